The first-order chi connectivity index (χ1) is 8.16. The van der Waals surface area contributed by atoms with E-state index in [0.29, 0.717) is 12.1 Å². The minimum Gasteiger partial charge on any atom is -0.335 e. The third-order valence-corrected chi connectivity index (χ3v) is 3.97. The lowest BCUT2D eigenvalue weighted by Gasteiger charge is -2.31. The monoisotopic (exact) mass is 238 g/mol. The molecule has 2 saturated carbocycles. The highest BCUT2D eigenvalue weighted by Gasteiger charge is 2.29. The Bertz CT molecular complexity index is 255. The van der Waals surface area contributed by atoms with Gasteiger partial charge >= 0.3 is 6.03 Å². The average molecular weight is 238 g/mol. The molecule has 3 nitrogen and oxygen atoms in total. The van der Waals surface area contributed by atoms with Gasteiger partial charge in [0.2, 0.25) is 0 Å². The molecule has 0 saturated heterocycles. The summed E-state index contributed by atoms with van der Waals surface area (Å²) < 4.78 is 0. The molecule has 2 fully saturated rings. The van der Waals surface area contributed by atoms with Gasteiger partial charge in [0.15, 0.2) is 0 Å². The Morgan fingerprint density at radius 3 is 2.35 bits per heavy atom. The Balaban J connectivity index is 1.81. The van der Waals surface area contributed by atoms with Crippen LogP contribution in [0.2, 0.25) is 0 Å². The fourth-order valence-electron chi connectivity index (χ4n) is 2.61. The zero-order valence-electron chi connectivity index (χ0n) is 11.2. The third-order valence-electron chi connectivity index (χ3n) is 3.97. The maximum Gasteiger partial charge on any atom is 0.317 e. The van der Waals surface area contributed by atoms with Crippen LogP contribution in [0.3, 0.4) is 0 Å². The Morgan fingerprint density at radius 1 is 1.18 bits per heavy atom. The van der Waals surface area contributed by atoms with Gasteiger partial charge in [-0.15, -0.1) is 0 Å². The molecule has 2 amide bonds. The SMILES string of the molecule is CC(C)N(CC1CC1)C(=O)NC1CCCCC1. The molecule has 3 heteroatoms. The van der Waals surface area contributed by atoms with Crippen LogP contribution in [-0.4, -0.2) is 29.6 Å². The van der Waals surface area contributed by atoms with Crippen molar-refractivity contribution in [2.75, 3.05) is 6.54 Å². The first-order valence-electron chi connectivity index (χ1n) is 7.24. The van der Waals surface area contributed by atoms with Crippen molar-refractivity contribution in [3.63, 3.8) is 0 Å². The molecule has 0 atom stereocenters. The minimum absolute atomic E-state index is 0.166. The fraction of sp³-hybridized carbons (Fsp3) is 0.929. The second-order valence-corrected chi connectivity index (χ2v) is 5.97. The molecule has 0 aliphatic heterocycles. The van der Waals surface area contributed by atoms with Crippen molar-refractivity contribution in [2.24, 2.45) is 5.92 Å². The van der Waals surface area contributed by atoms with Gasteiger partial charge < -0.3 is 10.2 Å². The molecule has 2 aliphatic rings. The summed E-state index contributed by atoms with van der Waals surface area (Å²) in [6, 6.07) is 0.912. The van der Waals surface area contributed by atoms with Crippen molar-refractivity contribution in [2.45, 2.75) is 70.9 Å². The van der Waals surface area contributed by atoms with Crippen molar-refractivity contribution in [1.82, 2.24) is 10.2 Å². The number of carbonyl (C=O) groups excluding carboxylic acids is 1. The number of carbonyl (C=O) groups is 1. The molecule has 0 unspecified atom stereocenters. The molecule has 2 rings (SSSR count). The lowest BCUT2D eigenvalue weighted by molar-refractivity contribution is 0.173. The van der Waals surface area contributed by atoms with Crippen LogP contribution >= 0.6 is 0 Å². The van der Waals surface area contributed by atoms with Crippen LogP contribution in [0.1, 0.15) is 58.8 Å². The maximum absolute atomic E-state index is 12.2. The van der Waals surface area contributed by atoms with E-state index in [-0.39, 0.29) is 6.03 Å². The second-order valence-electron chi connectivity index (χ2n) is 5.97. The quantitative estimate of drug-likeness (QED) is 0.801. The van der Waals surface area contributed by atoms with Gasteiger partial charge in [-0.25, -0.2) is 4.79 Å². The summed E-state index contributed by atoms with van der Waals surface area (Å²) in [5, 5.41) is 3.22. The summed E-state index contributed by atoms with van der Waals surface area (Å²) >= 11 is 0. The number of amides is 2. The molecule has 1 N–H and O–H groups in total. The summed E-state index contributed by atoms with van der Waals surface area (Å²) in [5.74, 6) is 0.773. The van der Waals surface area contributed by atoms with E-state index in [9.17, 15) is 4.79 Å². The van der Waals surface area contributed by atoms with E-state index in [1.54, 1.807) is 0 Å². The summed E-state index contributed by atoms with van der Waals surface area (Å²) in [4.78, 5) is 14.3. The summed E-state index contributed by atoms with van der Waals surface area (Å²) in [5.41, 5.74) is 0. The van der Waals surface area contributed by atoms with Gasteiger partial charge in [0, 0.05) is 18.6 Å². The van der Waals surface area contributed by atoms with Crippen molar-refractivity contribution in [1.29, 1.82) is 0 Å². The van der Waals surface area contributed by atoms with E-state index in [0.717, 1.165) is 12.5 Å². The zero-order valence-corrected chi connectivity index (χ0v) is 11.2. The number of hydrogen-bond donors (Lipinski definition) is 1. The van der Waals surface area contributed by atoms with Crippen LogP contribution in [0.15, 0.2) is 0 Å². The van der Waals surface area contributed by atoms with Gasteiger partial charge in [-0.2, -0.15) is 0 Å². The molecule has 0 spiro atoms. The van der Waals surface area contributed by atoms with Crippen molar-refractivity contribution < 1.29 is 4.79 Å². The number of hydrogen-bond acceptors (Lipinski definition) is 1. The van der Waals surface area contributed by atoms with Gasteiger partial charge in [0.1, 0.15) is 0 Å². The first kappa shape index (κ1) is 12.7. The number of urea groups is 1. The van der Waals surface area contributed by atoms with Gasteiger partial charge in [-0.3, -0.25) is 0 Å². The molecule has 2 aliphatic carbocycles. The molecule has 0 radical (unpaired) electrons. The Kier molecular flexibility index (Phi) is 4.30. The summed E-state index contributed by atoms with van der Waals surface area (Å²) in [6.45, 7) is 5.18. The van der Waals surface area contributed by atoms with Crippen LogP contribution in [0.25, 0.3) is 0 Å². The van der Waals surface area contributed by atoms with Crippen molar-refractivity contribution in [3.05, 3.63) is 0 Å². The lowest BCUT2D eigenvalue weighted by atomic mass is 9.96. The molecule has 98 valence electrons. The topological polar surface area (TPSA) is 32.3 Å². The minimum atomic E-state index is 0.166. The van der Waals surface area contributed by atoms with E-state index in [4.69, 9.17) is 0 Å². The van der Waals surface area contributed by atoms with Gasteiger partial charge in [-0.1, -0.05) is 19.3 Å². The van der Waals surface area contributed by atoms with Crippen LogP contribution in [0, 0.1) is 5.92 Å². The van der Waals surface area contributed by atoms with Gasteiger partial charge in [0.05, 0.1) is 0 Å². The molecule has 0 bridgehead atoms. The smallest absolute Gasteiger partial charge is 0.317 e. The lowest BCUT2D eigenvalue weighted by Crippen LogP contribution is -2.48. The Hall–Kier alpha value is -0.730. The van der Waals surface area contributed by atoms with Crippen LogP contribution in [0.4, 0.5) is 4.79 Å². The highest BCUT2D eigenvalue weighted by atomic mass is 16.2. The number of nitrogens with one attached hydrogen (secondary N) is 1. The molecule has 0 aromatic rings. The van der Waals surface area contributed by atoms with E-state index < -0.39 is 0 Å². The molecule has 0 aromatic carbocycles. The zero-order chi connectivity index (χ0) is 12.3. The molecule has 0 aromatic heterocycles. The van der Waals surface area contributed by atoms with E-state index >= 15 is 0 Å². The van der Waals surface area contributed by atoms with Crippen LogP contribution in [0.5, 0.6) is 0 Å². The summed E-state index contributed by atoms with van der Waals surface area (Å²) in [7, 11) is 0. The molecular formula is C14H26N2O. The van der Waals surface area contributed by atoms with E-state index in [1.807, 2.05) is 4.90 Å². The van der Waals surface area contributed by atoms with Crippen molar-refractivity contribution >= 4 is 6.03 Å². The normalized spacial score (nSPS) is 21.6. The van der Waals surface area contributed by atoms with E-state index in [1.165, 1.54) is 44.9 Å². The van der Waals surface area contributed by atoms with Gasteiger partial charge in [-0.05, 0) is 45.4 Å². The molecule has 17 heavy (non-hydrogen) atoms. The Labute approximate surface area is 105 Å². The predicted molar refractivity (Wildman–Crippen MR) is 70.0 cm³/mol. The fourth-order valence-corrected chi connectivity index (χ4v) is 2.61. The standard InChI is InChI=1S/C14H26N2O/c1-11(2)16(10-12-8-9-12)14(17)15-13-6-4-3-5-7-13/h11-13H,3-10H2,1-2H3,(H,15,17). The Morgan fingerprint density at radius 2 is 1.82 bits per heavy atom. The van der Waals surface area contributed by atoms with E-state index in [2.05, 4.69) is 19.2 Å². The van der Waals surface area contributed by atoms with Crippen LogP contribution in [-0.2, 0) is 0 Å². The largest absolute Gasteiger partial charge is 0.335 e. The number of rotatable bonds is 4. The molecular weight excluding hydrogens is 212 g/mol. The second kappa shape index (κ2) is 5.74. The maximum atomic E-state index is 12.2. The summed E-state index contributed by atoms with van der Waals surface area (Å²) in [6.07, 6.45) is 8.83. The molecule has 0 heterocycles. The first-order valence-corrected chi connectivity index (χ1v) is 7.24. The average Bonchev–Trinajstić information content (AvgIpc) is 3.10. The highest BCUT2D eigenvalue weighted by molar-refractivity contribution is 5.74. The third kappa shape index (κ3) is 3.90. The highest BCUT2D eigenvalue weighted by Crippen LogP contribution is 2.30. The van der Waals surface area contributed by atoms with Gasteiger partial charge in [0.25, 0.3) is 0 Å². The predicted octanol–water partition coefficient (Wildman–Crippen LogP) is 3.15. The van der Waals surface area contributed by atoms with Crippen molar-refractivity contribution in [3.8, 4) is 0 Å². The number of nitrogens with zero attached hydrogens (tertiary/aromatic N) is 1. The van der Waals surface area contributed by atoms with Crippen LogP contribution < -0.4 is 5.32 Å².